The number of hydrogen-bond donors (Lipinski definition) is 1. The average molecular weight is 283 g/mol. The molecule has 1 N–H and O–H groups in total. The van der Waals surface area contributed by atoms with E-state index in [1.54, 1.807) is 17.8 Å². The third-order valence-electron chi connectivity index (χ3n) is 2.46. The van der Waals surface area contributed by atoms with E-state index in [2.05, 4.69) is 5.10 Å². The number of carbonyl (C=O) groups is 1. The SMILES string of the molecule is Cn1ncc(C(=O)O)c1CSc1cccc(Cl)c1. The maximum Gasteiger partial charge on any atom is 0.339 e. The summed E-state index contributed by atoms with van der Waals surface area (Å²) in [6, 6.07) is 7.46. The van der Waals surface area contributed by atoms with Gasteiger partial charge in [-0.1, -0.05) is 17.7 Å². The second-order valence-corrected chi connectivity index (χ2v) is 5.16. The quantitative estimate of drug-likeness (QED) is 0.876. The Labute approximate surface area is 114 Å². The van der Waals surface area contributed by atoms with Gasteiger partial charge in [0.25, 0.3) is 0 Å². The third-order valence-corrected chi connectivity index (χ3v) is 3.70. The molecule has 18 heavy (non-hydrogen) atoms. The first kappa shape index (κ1) is 13.0. The van der Waals surface area contributed by atoms with Gasteiger partial charge in [-0.25, -0.2) is 4.79 Å². The highest BCUT2D eigenvalue weighted by Gasteiger charge is 2.14. The smallest absolute Gasteiger partial charge is 0.339 e. The Morgan fingerprint density at radius 2 is 2.33 bits per heavy atom. The molecule has 0 unspecified atom stereocenters. The minimum absolute atomic E-state index is 0.243. The summed E-state index contributed by atoms with van der Waals surface area (Å²) in [5, 5.41) is 13.7. The number of aryl methyl sites for hydroxylation is 1. The topological polar surface area (TPSA) is 55.1 Å². The molecule has 0 fully saturated rings. The summed E-state index contributed by atoms with van der Waals surface area (Å²) >= 11 is 7.42. The monoisotopic (exact) mass is 282 g/mol. The normalized spacial score (nSPS) is 10.6. The van der Waals surface area contributed by atoms with Crippen LogP contribution in [0.2, 0.25) is 5.02 Å². The number of aromatic nitrogens is 2. The molecule has 2 aromatic rings. The Morgan fingerprint density at radius 1 is 1.56 bits per heavy atom. The summed E-state index contributed by atoms with van der Waals surface area (Å²) in [5.41, 5.74) is 0.930. The number of hydrogen-bond acceptors (Lipinski definition) is 3. The Balaban J connectivity index is 2.15. The molecule has 0 aliphatic carbocycles. The number of rotatable bonds is 4. The van der Waals surface area contributed by atoms with E-state index in [1.165, 1.54) is 18.0 Å². The van der Waals surface area contributed by atoms with Crippen LogP contribution in [0.25, 0.3) is 0 Å². The first-order valence-electron chi connectivity index (χ1n) is 5.20. The molecule has 1 aromatic carbocycles. The van der Waals surface area contributed by atoms with Gasteiger partial charge in [-0.15, -0.1) is 11.8 Å². The van der Waals surface area contributed by atoms with Crippen LogP contribution >= 0.6 is 23.4 Å². The van der Waals surface area contributed by atoms with Crippen LogP contribution < -0.4 is 0 Å². The fourth-order valence-corrected chi connectivity index (χ4v) is 2.81. The Bertz CT molecular complexity index is 583. The summed E-state index contributed by atoms with van der Waals surface area (Å²) in [6.45, 7) is 0. The van der Waals surface area contributed by atoms with Crippen molar-refractivity contribution < 1.29 is 9.90 Å². The fraction of sp³-hybridized carbons (Fsp3) is 0.167. The number of carboxylic acid groups (broad SMARTS) is 1. The zero-order valence-corrected chi connectivity index (χ0v) is 11.2. The number of thioether (sulfide) groups is 1. The predicted molar refractivity (Wildman–Crippen MR) is 71.2 cm³/mol. The molecule has 0 atom stereocenters. The lowest BCUT2D eigenvalue weighted by Gasteiger charge is -2.04. The van der Waals surface area contributed by atoms with Crippen molar-refractivity contribution in [2.45, 2.75) is 10.6 Å². The summed E-state index contributed by atoms with van der Waals surface area (Å²) in [6.07, 6.45) is 1.37. The zero-order valence-electron chi connectivity index (χ0n) is 9.63. The molecule has 0 amide bonds. The highest BCUT2D eigenvalue weighted by atomic mass is 35.5. The largest absolute Gasteiger partial charge is 0.478 e. The minimum Gasteiger partial charge on any atom is -0.478 e. The standard InChI is InChI=1S/C12H11ClN2O2S/c1-15-11(10(6-14-15)12(16)17)7-18-9-4-2-3-8(13)5-9/h2-6H,7H2,1H3,(H,16,17). The molecule has 1 aromatic heterocycles. The molecule has 0 bridgehead atoms. The van der Waals surface area contributed by atoms with Crippen molar-refractivity contribution >= 4 is 29.3 Å². The maximum absolute atomic E-state index is 11.0. The molecule has 0 radical (unpaired) electrons. The highest BCUT2D eigenvalue weighted by molar-refractivity contribution is 7.98. The number of aromatic carboxylic acids is 1. The summed E-state index contributed by atoms with van der Waals surface area (Å²) in [7, 11) is 1.74. The lowest BCUT2D eigenvalue weighted by atomic mass is 10.3. The first-order chi connectivity index (χ1) is 8.58. The molecule has 0 aliphatic heterocycles. The van der Waals surface area contributed by atoms with E-state index in [9.17, 15) is 4.79 Å². The van der Waals surface area contributed by atoms with Crippen molar-refractivity contribution in [3.63, 3.8) is 0 Å². The fourth-order valence-electron chi connectivity index (χ4n) is 1.52. The summed E-state index contributed by atoms with van der Waals surface area (Å²) in [4.78, 5) is 12.0. The van der Waals surface area contributed by atoms with Crippen LogP contribution in [-0.2, 0) is 12.8 Å². The Hall–Kier alpha value is -1.46. The van der Waals surface area contributed by atoms with Crippen molar-refractivity contribution in [3.8, 4) is 0 Å². The van der Waals surface area contributed by atoms with Gasteiger partial charge in [0.1, 0.15) is 5.56 Å². The van der Waals surface area contributed by atoms with Gasteiger partial charge in [0.05, 0.1) is 11.9 Å². The highest BCUT2D eigenvalue weighted by Crippen LogP contribution is 2.26. The molecular weight excluding hydrogens is 272 g/mol. The Morgan fingerprint density at radius 3 is 3.00 bits per heavy atom. The van der Waals surface area contributed by atoms with Gasteiger partial charge in [0.15, 0.2) is 0 Å². The Kier molecular flexibility index (Phi) is 3.93. The third kappa shape index (κ3) is 2.86. The zero-order chi connectivity index (χ0) is 13.1. The predicted octanol–water partition coefficient (Wildman–Crippen LogP) is 3.06. The average Bonchev–Trinajstić information content (AvgIpc) is 2.68. The van der Waals surface area contributed by atoms with Crippen molar-refractivity contribution in [1.29, 1.82) is 0 Å². The van der Waals surface area contributed by atoms with Crippen LogP contribution in [-0.4, -0.2) is 20.9 Å². The van der Waals surface area contributed by atoms with E-state index >= 15 is 0 Å². The first-order valence-corrected chi connectivity index (χ1v) is 6.57. The summed E-state index contributed by atoms with van der Waals surface area (Å²) in [5.74, 6) is -0.414. The maximum atomic E-state index is 11.0. The molecule has 0 aliphatic rings. The van der Waals surface area contributed by atoms with E-state index in [1.807, 2.05) is 18.2 Å². The van der Waals surface area contributed by atoms with Gasteiger partial charge in [0.2, 0.25) is 0 Å². The molecular formula is C12H11ClN2O2S. The number of carboxylic acids is 1. The van der Waals surface area contributed by atoms with E-state index in [-0.39, 0.29) is 5.56 Å². The molecule has 6 heteroatoms. The second-order valence-electron chi connectivity index (χ2n) is 3.68. The second kappa shape index (κ2) is 5.46. The van der Waals surface area contributed by atoms with E-state index in [0.717, 1.165) is 4.90 Å². The van der Waals surface area contributed by atoms with E-state index < -0.39 is 5.97 Å². The van der Waals surface area contributed by atoms with E-state index in [4.69, 9.17) is 16.7 Å². The van der Waals surface area contributed by atoms with Crippen molar-refractivity contribution in [3.05, 3.63) is 46.7 Å². The molecule has 1 heterocycles. The van der Waals surface area contributed by atoms with Crippen LogP contribution in [0.5, 0.6) is 0 Å². The molecule has 4 nitrogen and oxygen atoms in total. The van der Waals surface area contributed by atoms with Crippen molar-refractivity contribution in [2.75, 3.05) is 0 Å². The lowest BCUT2D eigenvalue weighted by molar-refractivity contribution is 0.0696. The van der Waals surface area contributed by atoms with Gasteiger partial charge in [-0.05, 0) is 18.2 Å². The van der Waals surface area contributed by atoms with E-state index in [0.29, 0.717) is 16.5 Å². The molecule has 0 saturated heterocycles. The van der Waals surface area contributed by atoms with Gasteiger partial charge in [-0.3, -0.25) is 4.68 Å². The van der Waals surface area contributed by atoms with Crippen molar-refractivity contribution in [1.82, 2.24) is 9.78 Å². The van der Waals surface area contributed by atoms with Crippen LogP contribution in [0.15, 0.2) is 35.4 Å². The molecule has 2 rings (SSSR count). The van der Waals surface area contributed by atoms with Crippen LogP contribution in [0.4, 0.5) is 0 Å². The van der Waals surface area contributed by atoms with Gasteiger partial charge in [0, 0.05) is 22.7 Å². The van der Waals surface area contributed by atoms with Crippen LogP contribution in [0.1, 0.15) is 16.1 Å². The number of nitrogens with zero attached hydrogens (tertiary/aromatic N) is 2. The number of benzene rings is 1. The van der Waals surface area contributed by atoms with Crippen molar-refractivity contribution in [2.24, 2.45) is 7.05 Å². The number of halogens is 1. The van der Waals surface area contributed by atoms with Gasteiger partial charge >= 0.3 is 5.97 Å². The van der Waals surface area contributed by atoms with Gasteiger partial charge < -0.3 is 5.11 Å². The minimum atomic E-state index is -0.954. The molecule has 0 spiro atoms. The van der Waals surface area contributed by atoms with Crippen LogP contribution in [0.3, 0.4) is 0 Å². The van der Waals surface area contributed by atoms with Crippen LogP contribution in [0, 0.1) is 0 Å². The molecule has 0 saturated carbocycles. The molecule has 94 valence electrons. The van der Waals surface area contributed by atoms with Gasteiger partial charge in [-0.2, -0.15) is 5.10 Å². The summed E-state index contributed by atoms with van der Waals surface area (Å²) < 4.78 is 1.58. The lowest BCUT2D eigenvalue weighted by Crippen LogP contribution is -2.03.